The Hall–Kier alpha value is -0.380. The number of hydrogen-bond donors (Lipinski definition) is 0. The Morgan fingerprint density at radius 1 is 1.46 bits per heavy atom. The lowest BCUT2D eigenvalue weighted by Crippen LogP contribution is -2.05. The van der Waals surface area contributed by atoms with Crippen molar-refractivity contribution in [2.75, 3.05) is 18.4 Å². The summed E-state index contributed by atoms with van der Waals surface area (Å²) in [4.78, 5) is 0. The first-order valence-electron chi connectivity index (χ1n) is 3.82. The molecule has 4 heteroatoms. The van der Waals surface area contributed by atoms with Crippen molar-refractivity contribution >= 4 is 29.1 Å². The molecule has 0 amide bonds. The maximum atomic E-state index is 11.0. The highest BCUT2D eigenvalue weighted by atomic mass is 35.5. The summed E-state index contributed by atoms with van der Waals surface area (Å²) < 4.78 is 0. The summed E-state index contributed by atoms with van der Waals surface area (Å²) in [5.41, 5.74) is 1.69. The molecule has 0 spiro atoms. The van der Waals surface area contributed by atoms with Gasteiger partial charge < -0.3 is 10.3 Å². The second kappa shape index (κ2) is 4.74. The highest BCUT2D eigenvalue weighted by molar-refractivity contribution is 7.97. The Labute approximate surface area is 87.5 Å². The number of nitrogens with zero attached hydrogens (tertiary/aromatic N) is 1. The predicted molar refractivity (Wildman–Crippen MR) is 60.4 cm³/mol. The van der Waals surface area contributed by atoms with Gasteiger partial charge in [-0.25, -0.2) is 0 Å². The molecular weight excluding hydrogens is 206 g/mol. The Morgan fingerprint density at radius 3 is 2.69 bits per heavy atom. The van der Waals surface area contributed by atoms with E-state index in [0.717, 1.165) is 16.4 Å². The lowest BCUT2D eigenvalue weighted by atomic mass is 10.2. The average molecular weight is 217 g/mol. The molecule has 1 rings (SSSR count). The standard InChI is InChI=1S/C9H11ClNOS/c1-11(12)9-4-7(6-13-2)3-8(10)5-9/h3-5H,6H2,1-2H3/q-1. The maximum absolute atomic E-state index is 11.0. The summed E-state index contributed by atoms with van der Waals surface area (Å²) >= 11 is 7.56. The van der Waals surface area contributed by atoms with Crippen LogP contribution in [0.5, 0.6) is 0 Å². The van der Waals surface area contributed by atoms with Crippen molar-refractivity contribution in [1.29, 1.82) is 0 Å². The molecular formula is C9H11ClNOS-. The second-order valence-electron chi connectivity index (χ2n) is 2.75. The number of hydroxylamine groups is 1. The summed E-state index contributed by atoms with van der Waals surface area (Å²) in [5, 5.41) is 12.4. The van der Waals surface area contributed by atoms with Gasteiger partial charge in [0.15, 0.2) is 0 Å². The van der Waals surface area contributed by atoms with Gasteiger partial charge in [0, 0.05) is 16.5 Å². The molecule has 72 valence electrons. The Balaban J connectivity index is 2.96. The summed E-state index contributed by atoms with van der Waals surface area (Å²) in [6.45, 7) is 0. The molecule has 13 heavy (non-hydrogen) atoms. The third-order valence-electron chi connectivity index (χ3n) is 1.62. The van der Waals surface area contributed by atoms with Crippen molar-refractivity contribution in [3.63, 3.8) is 0 Å². The van der Waals surface area contributed by atoms with Gasteiger partial charge in [0.05, 0.1) is 0 Å². The van der Waals surface area contributed by atoms with E-state index in [1.807, 2.05) is 18.4 Å². The topological polar surface area (TPSA) is 26.3 Å². The van der Waals surface area contributed by atoms with Crippen LogP contribution in [-0.4, -0.2) is 13.3 Å². The van der Waals surface area contributed by atoms with Crippen LogP contribution in [-0.2, 0) is 5.75 Å². The highest BCUT2D eigenvalue weighted by Crippen LogP contribution is 2.23. The quantitative estimate of drug-likeness (QED) is 0.727. The van der Waals surface area contributed by atoms with Crippen LogP contribution in [0.4, 0.5) is 5.69 Å². The minimum atomic E-state index is 0.608. The van der Waals surface area contributed by atoms with Gasteiger partial charge in [-0.2, -0.15) is 11.8 Å². The van der Waals surface area contributed by atoms with Crippen molar-refractivity contribution in [1.82, 2.24) is 0 Å². The Bertz CT molecular complexity index is 291. The number of halogens is 1. The molecule has 0 radical (unpaired) electrons. The van der Waals surface area contributed by atoms with E-state index in [-0.39, 0.29) is 0 Å². The third kappa shape index (κ3) is 3.10. The first-order chi connectivity index (χ1) is 6.13. The summed E-state index contributed by atoms with van der Waals surface area (Å²) in [7, 11) is 1.47. The monoisotopic (exact) mass is 216 g/mol. The van der Waals surface area contributed by atoms with Crippen LogP contribution in [0.1, 0.15) is 5.56 Å². The molecule has 0 bridgehead atoms. The minimum Gasteiger partial charge on any atom is -0.758 e. The number of hydrogen-bond acceptors (Lipinski definition) is 3. The molecule has 0 aliphatic carbocycles. The average Bonchev–Trinajstić information content (AvgIpc) is 2.03. The van der Waals surface area contributed by atoms with Crippen LogP contribution in [0.3, 0.4) is 0 Å². The van der Waals surface area contributed by atoms with E-state index in [1.54, 1.807) is 17.8 Å². The van der Waals surface area contributed by atoms with Gasteiger partial charge >= 0.3 is 0 Å². The smallest absolute Gasteiger partial charge is 0.0429 e. The zero-order valence-corrected chi connectivity index (χ0v) is 9.15. The van der Waals surface area contributed by atoms with Gasteiger partial charge in [-0.05, 0) is 37.1 Å². The maximum Gasteiger partial charge on any atom is 0.0429 e. The molecule has 0 aliphatic rings. The van der Waals surface area contributed by atoms with Crippen molar-refractivity contribution in [2.45, 2.75) is 5.75 Å². The predicted octanol–water partition coefficient (Wildman–Crippen LogP) is 3.14. The molecule has 0 unspecified atom stereocenters. The fraction of sp³-hybridized carbons (Fsp3) is 0.333. The van der Waals surface area contributed by atoms with E-state index in [9.17, 15) is 5.21 Å². The fourth-order valence-electron chi connectivity index (χ4n) is 1.07. The summed E-state index contributed by atoms with van der Waals surface area (Å²) in [6.07, 6.45) is 2.02. The molecule has 1 aromatic carbocycles. The van der Waals surface area contributed by atoms with Crippen LogP contribution in [0, 0.1) is 5.21 Å². The van der Waals surface area contributed by atoms with Crippen LogP contribution in [0.15, 0.2) is 18.2 Å². The van der Waals surface area contributed by atoms with Gasteiger partial charge in [0.25, 0.3) is 0 Å². The van der Waals surface area contributed by atoms with E-state index in [4.69, 9.17) is 11.6 Å². The number of benzene rings is 1. The molecule has 0 saturated carbocycles. The van der Waals surface area contributed by atoms with Gasteiger partial charge in [0.1, 0.15) is 0 Å². The molecule has 0 fully saturated rings. The van der Waals surface area contributed by atoms with E-state index in [2.05, 4.69) is 0 Å². The van der Waals surface area contributed by atoms with Crippen molar-refractivity contribution < 1.29 is 0 Å². The molecule has 2 nitrogen and oxygen atoms in total. The van der Waals surface area contributed by atoms with Crippen LogP contribution in [0.2, 0.25) is 5.02 Å². The molecule has 1 aromatic rings. The third-order valence-corrected chi connectivity index (χ3v) is 2.46. The van der Waals surface area contributed by atoms with E-state index in [0.29, 0.717) is 10.7 Å². The van der Waals surface area contributed by atoms with Crippen LogP contribution in [0.25, 0.3) is 0 Å². The Morgan fingerprint density at radius 2 is 2.15 bits per heavy atom. The van der Waals surface area contributed by atoms with Crippen LogP contribution < -0.4 is 5.06 Å². The van der Waals surface area contributed by atoms with Crippen molar-refractivity contribution in [2.24, 2.45) is 0 Å². The highest BCUT2D eigenvalue weighted by Gasteiger charge is 1.98. The normalized spacial score (nSPS) is 10.2. The number of anilines is 1. The van der Waals surface area contributed by atoms with Crippen molar-refractivity contribution in [3.8, 4) is 0 Å². The van der Waals surface area contributed by atoms with Gasteiger partial charge in [-0.15, -0.1) is 0 Å². The van der Waals surface area contributed by atoms with Crippen LogP contribution >= 0.6 is 23.4 Å². The summed E-state index contributed by atoms with van der Waals surface area (Å²) in [5.74, 6) is 0.876. The minimum absolute atomic E-state index is 0.608. The molecule has 0 heterocycles. The molecule has 0 N–H and O–H groups in total. The summed E-state index contributed by atoms with van der Waals surface area (Å²) in [6, 6.07) is 5.40. The zero-order valence-electron chi connectivity index (χ0n) is 7.58. The van der Waals surface area contributed by atoms with E-state index >= 15 is 0 Å². The molecule has 0 aromatic heterocycles. The van der Waals surface area contributed by atoms with Gasteiger partial charge in [-0.1, -0.05) is 11.6 Å². The van der Waals surface area contributed by atoms with E-state index < -0.39 is 0 Å². The fourth-order valence-corrected chi connectivity index (χ4v) is 1.82. The molecule has 0 saturated heterocycles. The zero-order chi connectivity index (χ0) is 9.84. The van der Waals surface area contributed by atoms with Gasteiger partial charge in [0.2, 0.25) is 0 Å². The van der Waals surface area contributed by atoms with E-state index in [1.165, 1.54) is 7.05 Å². The SMILES string of the molecule is CSCc1cc(Cl)cc(N(C)[O-])c1. The Kier molecular flexibility index (Phi) is 3.90. The van der Waals surface area contributed by atoms with Gasteiger partial charge in [-0.3, -0.25) is 0 Å². The first kappa shape index (κ1) is 10.7. The molecule has 0 aliphatic heterocycles. The first-order valence-corrected chi connectivity index (χ1v) is 5.60. The molecule has 0 atom stereocenters. The lowest BCUT2D eigenvalue weighted by molar-refractivity contribution is 1.21. The second-order valence-corrected chi connectivity index (χ2v) is 4.05. The van der Waals surface area contributed by atoms with Crippen molar-refractivity contribution in [3.05, 3.63) is 34.0 Å². The largest absolute Gasteiger partial charge is 0.758 e. The number of thioether (sulfide) groups is 1. The number of rotatable bonds is 3. The lowest BCUT2D eigenvalue weighted by Gasteiger charge is -2.25.